The van der Waals surface area contributed by atoms with Gasteiger partial charge in [0.25, 0.3) is 0 Å². The van der Waals surface area contributed by atoms with Crippen LogP contribution in [0.5, 0.6) is 0 Å². The van der Waals surface area contributed by atoms with Crippen molar-refractivity contribution in [1.82, 2.24) is 0 Å². The number of rotatable bonds is 3. The Morgan fingerprint density at radius 3 is 2.17 bits per heavy atom. The fourth-order valence-electron chi connectivity index (χ4n) is 1.94. The first-order valence-electron chi connectivity index (χ1n) is 6.01. The van der Waals surface area contributed by atoms with E-state index in [1.165, 1.54) is 0 Å². The van der Waals surface area contributed by atoms with Crippen LogP contribution in [0.3, 0.4) is 0 Å². The lowest BCUT2D eigenvalue weighted by Crippen LogP contribution is -2.62. The number of ether oxygens (including phenoxy) is 2. The Balaban J connectivity index is 2.92. The van der Waals surface area contributed by atoms with Crippen LogP contribution in [0.1, 0.15) is 33.6 Å². The van der Waals surface area contributed by atoms with Gasteiger partial charge in [0.05, 0.1) is 0 Å². The summed E-state index contributed by atoms with van der Waals surface area (Å²) in [6.07, 6.45) is 0.893. The molecule has 1 atom stereocenters. The van der Waals surface area contributed by atoms with Crippen molar-refractivity contribution in [2.24, 2.45) is 11.7 Å². The highest BCUT2D eigenvalue weighted by Crippen LogP contribution is 2.28. The number of esters is 1. The maximum Gasteiger partial charge on any atom is 0.338 e. The molecular weight excluding hydrogens is 238 g/mol. The van der Waals surface area contributed by atoms with Gasteiger partial charge in [0, 0.05) is 19.1 Å². The molecule has 1 rings (SSSR count). The van der Waals surface area contributed by atoms with Crippen molar-refractivity contribution >= 4 is 11.9 Å². The Bertz CT molecular complexity index is 330. The molecule has 0 aromatic heterocycles. The largest absolute Gasteiger partial charge is 0.479 e. The first-order chi connectivity index (χ1) is 8.18. The third kappa shape index (κ3) is 3.20. The van der Waals surface area contributed by atoms with Crippen molar-refractivity contribution in [1.29, 1.82) is 0 Å². The molecule has 1 fully saturated rings. The zero-order chi connectivity index (χ0) is 14.0. The van der Waals surface area contributed by atoms with Gasteiger partial charge in [-0.1, -0.05) is 0 Å². The maximum atomic E-state index is 12.1. The van der Waals surface area contributed by atoms with Crippen molar-refractivity contribution in [2.45, 2.75) is 44.8 Å². The monoisotopic (exact) mass is 259 g/mol. The summed E-state index contributed by atoms with van der Waals surface area (Å²) in [5.41, 5.74) is 3.09. The second-order valence-electron chi connectivity index (χ2n) is 5.56. The van der Waals surface area contributed by atoms with Gasteiger partial charge in [-0.2, -0.15) is 0 Å². The van der Waals surface area contributed by atoms with Crippen LogP contribution in [0.4, 0.5) is 0 Å². The molecular formula is C12H21NO5. The van der Waals surface area contributed by atoms with Gasteiger partial charge >= 0.3 is 11.9 Å². The lowest BCUT2D eigenvalue weighted by atomic mass is 9.79. The zero-order valence-corrected chi connectivity index (χ0v) is 11.1. The zero-order valence-electron chi connectivity index (χ0n) is 11.1. The van der Waals surface area contributed by atoms with Gasteiger partial charge in [-0.25, -0.2) is 9.59 Å². The molecule has 0 radical (unpaired) electrons. The summed E-state index contributed by atoms with van der Waals surface area (Å²) in [4.78, 5) is 23.4. The molecule has 0 amide bonds. The number of carbonyl (C=O) groups excluding carboxylic acids is 1. The molecule has 0 aromatic carbocycles. The van der Waals surface area contributed by atoms with Crippen molar-refractivity contribution in [3.63, 3.8) is 0 Å². The molecule has 1 heterocycles. The molecule has 1 aliphatic heterocycles. The predicted molar refractivity (Wildman–Crippen MR) is 63.9 cm³/mol. The Labute approximate surface area is 106 Å². The molecule has 6 nitrogen and oxygen atoms in total. The molecule has 0 aromatic rings. The summed E-state index contributed by atoms with van der Waals surface area (Å²) in [5.74, 6) is -2.68. The van der Waals surface area contributed by atoms with Crippen molar-refractivity contribution in [2.75, 3.05) is 13.2 Å². The quantitative estimate of drug-likeness (QED) is 0.567. The lowest BCUT2D eigenvalue weighted by molar-refractivity contribution is -0.173. The first kappa shape index (κ1) is 14.9. The van der Waals surface area contributed by atoms with Crippen molar-refractivity contribution < 1.29 is 24.2 Å². The second-order valence-corrected chi connectivity index (χ2v) is 5.56. The summed E-state index contributed by atoms with van der Waals surface area (Å²) in [7, 11) is 0. The number of nitrogens with two attached hydrogens (primary N) is 1. The van der Waals surface area contributed by atoms with Gasteiger partial charge in [-0.3, -0.25) is 0 Å². The Kier molecular flexibility index (Phi) is 4.34. The van der Waals surface area contributed by atoms with E-state index < -0.39 is 29.0 Å². The molecule has 1 unspecified atom stereocenters. The Morgan fingerprint density at radius 1 is 1.28 bits per heavy atom. The van der Waals surface area contributed by atoms with E-state index >= 15 is 0 Å². The van der Waals surface area contributed by atoms with Gasteiger partial charge in [0.2, 0.25) is 5.54 Å². The highest BCUT2D eigenvalue weighted by atomic mass is 16.6. The van der Waals surface area contributed by atoms with E-state index in [0.717, 1.165) is 0 Å². The number of carbonyl (C=O) groups is 2. The third-order valence-electron chi connectivity index (χ3n) is 2.96. The molecule has 0 aliphatic carbocycles. The van der Waals surface area contributed by atoms with Crippen LogP contribution in [-0.4, -0.2) is 41.4 Å². The third-order valence-corrected chi connectivity index (χ3v) is 2.96. The van der Waals surface area contributed by atoms with Gasteiger partial charge in [-0.05, 0) is 33.6 Å². The van der Waals surface area contributed by atoms with E-state index in [4.69, 9.17) is 15.2 Å². The summed E-state index contributed by atoms with van der Waals surface area (Å²) < 4.78 is 10.3. The summed E-state index contributed by atoms with van der Waals surface area (Å²) in [5, 5.41) is 9.29. The van der Waals surface area contributed by atoms with Gasteiger partial charge in [0.15, 0.2) is 0 Å². The predicted octanol–water partition coefficient (Wildman–Crippen LogP) is 0.537. The second kappa shape index (κ2) is 5.24. The van der Waals surface area contributed by atoms with Crippen LogP contribution in [0.25, 0.3) is 0 Å². The molecule has 0 saturated carbocycles. The lowest BCUT2D eigenvalue weighted by Gasteiger charge is -2.35. The van der Waals surface area contributed by atoms with E-state index in [-0.39, 0.29) is 0 Å². The number of carboxylic acids is 1. The SMILES string of the molecule is CC(C)(C)OC(=O)C(N)(C(=O)O)C1CCOCC1. The summed E-state index contributed by atoms with van der Waals surface area (Å²) in [6, 6.07) is 0. The Hall–Kier alpha value is -1.14. The maximum absolute atomic E-state index is 12.1. The van der Waals surface area contributed by atoms with Gasteiger partial charge in [0.1, 0.15) is 5.60 Å². The van der Waals surface area contributed by atoms with Gasteiger partial charge in [-0.15, -0.1) is 0 Å². The number of hydrogen-bond donors (Lipinski definition) is 2. The fourth-order valence-corrected chi connectivity index (χ4v) is 1.94. The van der Waals surface area contributed by atoms with E-state index in [1.807, 2.05) is 0 Å². The standard InChI is InChI=1S/C12H21NO5/c1-11(2,3)18-10(16)12(13,9(14)15)8-4-6-17-7-5-8/h8H,4-7,13H2,1-3H3,(H,14,15). The van der Waals surface area contributed by atoms with Crippen LogP contribution in [0, 0.1) is 5.92 Å². The molecule has 3 N–H and O–H groups in total. The topological polar surface area (TPSA) is 98.9 Å². The first-order valence-corrected chi connectivity index (χ1v) is 6.01. The number of hydrogen-bond acceptors (Lipinski definition) is 5. The van der Waals surface area contributed by atoms with Crippen LogP contribution in [-0.2, 0) is 19.1 Å². The average molecular weight is 259 g/mol. The summed E-state index contributed by atoms with van der Waals surface area (Å²) in [6.45, 7) is 5.87. The molecule has 1 saturated heterocycles. The molecule has 6 heteroatoms. The average Bonchev–Trinajstić information content (AvgIpc) is 2.26. The Morgan fingerprint density at radius 2 is 1.78 bits per heavy atom. The fraction of sp³-hybridized carbons (Fsp3) is 0.833. The molecule has 0 spiro atoms. The van der Waals surface area contributed by atoms with Crippen LogP contribution in [0.2, 0.25) is 0 Å². The minimum atomic E-state index is -1.99. The van der Waals surface area contributed by atoms with Crippen LogP contribution in [0.15, 0.2) is 0 Å². The van der Waals surface area contributed by atoms with Crippen LogP contribution < -0.4 is 5.73 Å². The number of aliphatic carboxylic acids is 1. The minimum Gasteiger partial charge on any atom is -0.479 e. The number of carboxylic acid groups (broad SMARTS) is 1. The smallest absolute Gasteiger partial charge is 0.338 e. The molecule has 1 aliphatic rings. The highest BCUT2D eigenvalue weighted by molar-refractivity contribution is 6.04. The molecule has 18 heavy (non-hydrogen) atoms. The van der Waals surface area contributed by atoms with E-state index in [0.29, 0.717) is 26.1 Å². The highest BCUT2D eigenvalue weighted by Gasteiger charge is 2.51. The minimum absolute atomic E-state index is 0.416. The van der Waals surface area contributed by atoms with E-state index in [1.54, 1.807) is 20.8 Å². The molecule has 104 valence electrons. The van der Waals surface area contributed by atoms with Crippen molar-refractivity contribution in [3.8, 4) is 0 Å². The van der Waals surface area contributed by atoms with E-state index in [2.05, 4.69) is 0 Å². The van der Waals surface area contributed by atoms with Crippen molar-refractivity contribution in [3.05, 3.63) is 0 Å². The van der Waals surface area contributed by atoms with Gasteiger partial charge < -0.3 is 20.3 Å². The normalized spacial score (nSPS) is 21.1. The summed E-state index contributed by atoms with van der Waals surface area (Å²) >= 11 is 0. The molecule has 0 bridgehead atoms. The van der Waals surface area contributed by atoms with E-state index in [9.17, 15) is 14.7 Å². The van der Waals surface area contributed by atoms with Crippen LogP contribution >= 0.6 is 0 Å².